The number of hydrogen-bond donors (Lipinski definition) is 2. The minimum Gasteiger partial charge on any atom is -0.357 e. The maximum absolute atomic E-state index is 12.0. The van der Waals surface area contributed by atoms with E-state index < -0.39 is 0 Å². The van der Waals surface area contributed by atoms with Crippen molar-refractivity contribution in [3.63, 3.8) is 0 Å². The van der Waals surface area contributed by atoms with E-state index in [1.165, 1.54) is 0 Å². The van der Waals surface area contributed by atoms with Crippen molar-refractivity contribution in [1.29, 1.82) is 0 Å². The second-order valence-corrected chi connectivity index (χ2v) is 7.14. The number of carbonyl (C=O) groups is 2. The van der Waals surface area contributed by atoms with E-state index in [2.05, 4.69) is 26.2 Å². The summed E-state index contributed by atoms with van der Waals surface area (Å²) in [5.41, 5.74) is 2.46. The topological polar surface area (TPSA) is 62.0 Å². The maximum atomic E-state index is 12.0. The third-order valence-corrected chi connectivity index (χ3v) is 5.30. The van der Waals surface area contributed by atoms with Crippen LogP contribution in [0.5, 0.6) is 0 Å². The van der Waals surface area contributed by atoms with Gasteiger partial charge in [0.05, 0.1) is 22.0 Å². The molecule has 7 heteroatoms. The fraction of sp³-hybridized carbons (Fsp3) is 0.333. The molecule has 2 heterocycles. The SMILES string of the molecule is CC(=O)CC1CNC(=O)Cc2c1[nH]c1c(Cl)c(Cl)cc(Br)c21. The third-order valence-electron chi connectivity index (χ3n) is 3.88. The number of aromatic amines is 1. The monoisotopic (exact) mass is 402 g/mol. The first-order valence-electron chi connectivity index (χ1n) is 6.82. The molecule has 0 bridgehead atoms. The molecular formula is C15H13BrCl2N2O2. The van der Waals surface area contributed by atoms with Crippen LogP contribution in [0.2, 0.25) is 10.0 Å². The number of halogens is 3. The summed E-state index contributed by atoms with van der Waals surface area (Å²) in [5.74, 6) is -0.0757. The molecule has 0 radical (unpaired) electrons. The third kappa shape index (κ3) is 2.66. The number of H-pyrrole nitrogens is 1. The van der Waals surface area contributed by atoms with Gasteiger partial charge in [-0.15, -0.1) is 0 Å². The van der Waals surface area contributed by atoms with Gasteiger partial charge in [0.1, 0.15) is 5.78 Å². The van der Waals surface area contributed by atoms with Gasteiger partial charge < -0.3 is 15.1 Å². The van der Waals surface area contributed by atoms with Crippen molar-refractivity contribution >= 4 is 61.7 Å². The summed E-state index contributed by atoms with van der Waals surface area (Å²) < 4.78 is 0.783. The van der Waals surface area contributed by atoms with Crippen LogP contribution in [0, 0.1) is 0 Å². The second-order valence-electron chi connectivity index (χ2n) is 5.51. The van der Waals surface area contributed by atoms with Crippen LogP contribution in [0.1, 0.15) is 30.5 Å². The summed E-state index contributed by atoms with van der Waals surface area (Å²) in [6.07, 6.45) is 0.614. The standard InChI is InChI=1S/C15H13BrCl2N2O2/c1-6(21)2-7-5-19-11(22)3-8-12-9(16)4-10(17)13(18)15(12)20-14(7)8/h4,7,20H,2-3,5H2,1H3,(H,19,22). The molecule has 1 aromatic carbocycles. The number of ketones is 1. The number of amides is 1. The van der Waals surface area contributed by atoms with E-state index >= 15 is 0 Å². The summed E-state index contributed by atoms with van der Waals surface area (Å²) in [4.78, 5) is 26.8. The Morgan fingerprint density at radius 1 is 1.45 bits per heavy atom. The second kappa shape index (κ2) is 5.87. The predicted molar refractivity (Wildman–Crippen MR) is 90.8 cm³/mol. The van der Waals surface area contributed by atoms with Crippen molar-refractivity contribution in [1.82, 2.24) is 10.3 Å². The Hall–Kier alpha value is -1.04. The van der Waals surface area contributed by atoms with Gasteiger partial charge in [0, 0.05) is 34.4 Å². The van der Waals surface area contributed by atoms with Crippen LogP contribution in [0.3, 0.4) is 0 Å². The zero-order valence-corrected chi connectivity index (χ0v) is 14.8. The van der Waals surface area contributed by atoms with Crippen LogP contribution in [-0.2, 0) is 16.0 Å². The molecule has 1 amide bonds. The molecule has 3 rings (SSSR count). The predicted octanol–water partition coefficient (Wildman–Crippen LogP) is 3.97. The molecule has 1 aliphatic rings. The van der Waals surface area contributed by atoms with Gasteiger partial charge in [-0.25, -0.2) is 0 Å². The molecule has 0 aliphatic carbocycles. The quantitative estimate of drug-likeness (QED) is 0.745. The summed E-state index contributed by atoms with van der Waals surface area (Å²) in [7, 11) is 0. The Morgan fingerprint density at radius 3 is 2.86 bits per heavy atom. The molecule has 4 nitrogen and oxygen atoms in total. The molecule has 116 valence electrons. The normalized spacial score (nSPS) is 18.0. The number of carbonyl (C=O) groups excluding carboxylic acids is 2. The fourth-order valence-electron chi connectivity index (χ4n) is 2.97. The number of hydrogen-bond acceptors (Lipinski definition) is 2. The Kier molecular flexibility index (Phi) is 4.23. The lowest BCUT2D eigenvalue weighted by Gasteiger charge is -2.12. The van der Waals surface area contributed by atoms with E-state index in [1.807, 2.05) is 0 Å². The van der Waals surface area contributed by atoms with Gasteiger partial charge in [0.25, 0.3) is 0 Å². The van der Waals surface area contributed by atoms with Crippen LogP contribution < -0.4 is 5.32 Å². The van der Waals surface area contributed by atoms with Crippen molar-refractivity contribution in [2.24, 2.45) is 0 Å². The van der Waals surface area contributed by atoms with E-state index in [4.69, 9.17) is 23.2 Å². The van der Waals surface area contributed by atoms with Crippen LogP contribution in [0.25, 0.3) is 10.9 Å². The summed E-state index contributed by atoms with van der Waals surface area (Å²) in [5, 5.41) is 4.58. The zero-order chi connectivity index (χ0) is 16.0. The Labute approximate surface area is 145 Å². The average Bonchev–Trinajstić information content (AvgIpc) is 2.73. The summed E-state index contributed by atoms with van der Waals surface area (Å²) >= 11 is 15.9. The smallest absolute Gasteiger partial charge is 0.224 e. The van der Waals surface area contributed by atoms with Gasteiger partial charge >= 0.3 is 0 Å². The molecule has 2 aromatic rings. The van der Waals surface area contributed by atoms with E-state index in [-0.39, 0.29) is 24.0 Å². The van der Waals surface area contributed by atoms with Crippen LogP contribution in [-0.4, -0.2) is 23.2 Å². The van der Waals surface area contributed by atoms with E-state index in [1.54, 1.807) is 13.0 Å². The van der Waals surface area contributed by atoms with Crippen molar-refractivity contribution in [3.05, 3.63) is 31.8 Å². The first-order valence-corrected chi connectivity index (χ1v) is 8.37. The molecule has 0 saturated heterocycles. The molecule has 1 unspecified atom stereocenters. The van der Waals surface area contributed by atoms with Gasteiger partial charge in [-0.2, -0.15) is 0 Å². The molecule has 1 aliphatic heterocycles. The minimum absolute atomic E-state index is 0.0637. The number of Topliss-reactive ketones (excluding diaryl/α,β-unsaturated/α-hetero) is 1. The highest BCUT2D eigenvalue weighted by molar-refractivity contribution is 9.10. The van der Waals surface area contributed by atoms with Crippen molar-refractivity contribution in [2.75, 3.05) is 6.54 Å². The van der Waals surface area contributed by atoms with Gasteiger partial charge in [-0.3, -0.25) is 4.79 Å². The fourth-order valence-corrected chi connectivity index (χ4v) is 4.17. The highest BCUT2D eigenvalue weighted by atomic mass is 79.9. The Balaban J connectivity index is 2.28. The Morgan fingerprint density at radius 2 is 2.18 bits per heavy atom. The van der Waals surface area contributed by atoms with Gasteiger partial charge in [-0.05, 0) is 18.6 Å². The summed E-state index contributed by atoms with van der Waals surface area (Å²) in [6, 6.07) is 1.73. The number of benzene rings is 1. The number of aromatic nitrogens is 1. The number of nitrogens with one attached hydrogen (secondary N) is 2. The molecule has 1 atom stereocenters. The van der Waals surface area contributed by atoms with Crippen LogP contribution in [0.15, 0.2) is 10.5 Å². The average molecular weight is 404 g/mol. The molecular weight excluding hydrogens is 391 g/mol. The summed E-state index contributed by atoms with van der Waals surface area (Å²) in [6.45, 7) is 1.98. The van der Waals surface area contributed by atoms with E-state index in [0.717, 1.165) is 21.1 Å². The lowest BCUT2D eigenvalue weighted by molar-refractivity contribution is -0.121. The zero-order valence-electron chi connectivity index (χ0n) is 11.7. The molecule has 1 aromatic heterocycles. The number of rotatable bonds is 2. The lowest BCUT2D eigenvalue weighted by atomic mass is 9.95. The van der Waals surface area contributed by atoms with Gasteiger partial charge in [0.15, 0.2) is 0 Å². The molecule has 0 fully saturated rings. The molecule has 0 spiro atoms. The van der Waals surface area contributed by atoms with Gasteiger partial charge in [0.2, 0.25) is 5.91 Å². The van der Waals surface area contributed by atoms with Gasteiger partial charge in [-0.1, -0.05) is 39.1 Å². The lowest BCUT2D eigenvalue weighted by Crippen LogP contribution is -2.27. The first kappa shape index (κ1) is 15.8. The van der Waals surface area contributed by atoms with Crippen molar-refractivity contribution in [3.8, 4) is 0 Å². The van der Waals surface area contributed by atoms with Crippen LogP contribution in [0.4, 0.5) is 0 Å². The molecule has 22 heavy (non-hydrogen) atoms. The molecule has 2 N–H and O–H groups in total. The maximum Gasteiger partial charge on any atom is 0.224 e. The van der Waals surface area contributed by atoms with E-state index in [0.29, 0.717) is 28.5 Å². The largest absolute Gasteiger partial charge is 0.357 e. The van der Waals surface area contributed by atoms with Crippen molar-refractivity contribution in [2.45, 2.75) is 25.7 Å². The highest BCUT2D eigenvalue weighted by Crippen LogP contribution is 2.41. The minimum atomic E-state index is -0.0897. The van der Waals surface area contributed by atoms with E-state index in [9.17, 15) is 9.59 Å². The number of fused-ring (bicyclic) bond motifs is 3. The highest BCUT2D eigenvalue weighted by Gasteiger charge is 2.28. The Bertz CT molecular complexity index is 801. The van der Waals surface area contributed by atoms with Crippen molar-refractivity contribution < 1.29 is 9.59 Å². The van der Waals surface area contributed by atoms with Crippen LogP contribution >= 0.6 is 39.1 Å². The first-order chi connectivity index (χ1) is 10.4. The molecule has 0 saturated carbocycles.